The molecule has 1 fully saturated rings. The molecule has 1 aliphatic heterocycles. The molecule has 3 rings (SSSR count). The lowest BCUT2D eigenvalue weighted by atomic mass is 10.0. The summed E-state index contributed by atoms with van der Waals surface area (Å²) in [6.45, 7) is 3.67. The van der Waals surface area contributed by atoms with Gasteiger partial charge in [-0.1, -0.05) is 41.9 Å². The summed E-state index contributed by atoms with van der Waals surface area (Å²) in [4.78, 5) is 8.82. The fourth-order valence-corrected chi connectivity index (χ4v) is 2.66. The van der Waals surface area contributed by atoms with E-state index < -0.39 is 0 Å². The molecule has 1 N–H and O–H groups in total. The predicted molar refractivity (Wildman–Crippen MR) is 84.6 cm³/mol. The number of halogens is 1. The van der Waals surface area contributed by atoms with Crippen molar-refractivity contribution < 1.29 is 4.74 Å². The minimum Gasteiger partial charge on any atom is -0.373 e. The molecule has 21 heavy (non-hydrogen) atoms. The molecule has 1 unspecified atom stereocenters. The Hall–Kier alpha value is -1.65. The molecule has 0 aliphatic carbocycles. The van der Waals surface area contributed by atoms with Gasteiger partial charge < -0.3 is 10.1 Å². The van der Waals surface area contributed by atoms with Gasteiger partial charge in [-0.3, -0.25) is 0 Å². The van der Waals surface area contributed by atoms with Gasteiger partial charge in [0.1, 0.15) is 11.0 Å². The number of benzene rings is 1. The number of anilines is 1. The fourth-order valence-electron chi connectivity index (χ4n) is 2.48. The van der Waals surface area contributed by atoms with Crippen molar-refractivity contribution in [3.8, 4) is 11.4 Å². The highest BCUT2D eigenvalue weighted by molar-refractivity contribution is 6.29. The van der Waals surface area contributed by atoms with E-state index in [1.54, 1.807) is 6.07 Å². The molecule has 1 saturated heterocycles. The molecule has 0 bridgehead atoms. The largest absolute Gasteiger partial charge is 0.373 e. The molecule has 2 heterocycles. The van der Waals surface area contributed by atoms with E-state index >= 15 is 0 Å². The Morgan fingerprint density at radius 1 is 1.29 bits per heavy atom. The number of nitrogens with zero attached hydrogens (tertiary/aromatic N) is 2. The van der Waals surface area contributed by atoms with E-state index in [0.717, 1.165) is 30.8 Å². The van der Waals surface area contributed by atoms with Crippen molar-refractivity contribution in [3.63, 3.8) is 0 Å². The Kier molecular flexibility index (Phi) is 4.08. The molecule has 5 heteroatoms. The van der Waals surface area contributed by atoms with E-state index in [4.69, 9.17) is 16.3 Å². The van der Waals surface area contributed by atoms with Gasteiger partial charge >= 0.3 is 0 Å². The van der Waals surface area contributed by atoms with Gasteiger partial charge in [-0.2, -0.15) is 0 Å². The van der Waals surface area contributed by atoms with E-state index in [0.29, 0.717) is 17.5 Å². The molecule has 1 atom stereocenters. The van der Waals surface area contributed by atoms with Crippen LogP contribution in [-0.4, -0.2) is 28.7 Å². The van der Waals surface area contributed by atoms with Crippen LogP contribution < -0.4 is 5.32 Å². The molecule has 0 spiro atoms. The molecular weight excluding hydrogens is 286 g/mol. The van der Waals surface area contributed by atoms with Crippen LogP contribution in [0.25, 0.3) is 11.4 Å². The number of hydrogen-bond acceptors (Lipinski definition) is 4. The maximum atomic E-state index is 6.11. The third kappa shape index (κ3) is 3.52. The quantitative estimate of drug-likeness (QED) is 0.873. The molecule has 1 aromatic carbocycles. The van der Waals surface area contributed by atoms with Gasteiger partial charge in [0.2, 0.25) is 0 Å². The molecule has 1 aliphatic rings. The maximum absolute atomic E-state index is 6.11. The lowest BCUT2D eigenvalue weighted by molar-refractivity contribution is 0.0315. The zero-order chi connectivity index (χ0) is 14.7. The number of rotatable bonds is 4. The minimum absolute atomic E-state index is 0.121. The molecule has 1 aromatic heterocycles. The van der Waals surface area contributed by atoms with E-state index in [2.05, 4.69) is 22.2 Å². The number of hydrogen-bond donors (Lipinski definition) is 1. The fraction of sp³-hybridized carbons (Fsp3) is 0.375. The smallest absolute Gasteiger partial charge is 0.163 e. The first-order chi connectivity index (χ1) is 10.1. The summed E-state index contributed by atoms with van der Waals surface area (Å²) in [5.74, 6) is 1.36. The lowest BCUT2D eigenvalue weighted by Crippen LogP contribution is -2.32. The normalized spacial score (nSPS) is 21.4. The van der Waals surface area contributed by atoms with Gasteiger partial charge in [-0.15, -0.1) is 0 Å². The molecule has 0 saturated carbocycles. The van der Waals surface area contributed by atoms with Crippen LogP contribution in [0.3, 0.4) is 0 Å². The topological polar surface area (TPSA) is 47.0 Å². The van der Waals surface area contributed by atoms with Crippen molar-refractivity contribution in [2.75, 3.05) is 18.5 Å². The Morgan fingerprint density at radius 3 is 2.81 bits per heavy atom. The summed E-state index contributed by atoms with van der Waals surface area (Å²) in [5, 5.41) is 3.75. The van der Waals surface area contributed by atoms with Gasteiger partial charge in [-0.05, 0) is 19.8 Å². The molecule has 4 nitrogen and oxygen atoms in total. The van der Waals surface area contributed by atoms with Crippen molar-refractivity contribution in [1.82, 2.24) is 9.97 Å². The molecule has 0 radical (unpaired) electrons. The van der Waals surface area contributed by atoms with Crippen molar-refractivity contribution in [2.24, 2.45) is 0 Å². The summed E-state index contributed by atoms with van der Waals surface area (Å²) in [6, 6.07) is 11.6. The van der Waals surface area contributed by atoms with Gasteiger partial charge in [-0.25, -0.2) is 9.97 Å². The van der Waals surface area contributed by atoms with Crippen LogP contribution in [0, 0.1) is 0 Å². The van der Waals surface area contributed by atoms with E-state index in [1.807, 2.05) is 30.3 Å². The highest BCUT2D eigenvalue weighted by Gasteiger charge is 2.29. The summed E-state index contributed by atoms with van der Waals surface area (Å²) in [6.07, 6.45) is 2.17. The van der Waals surface area contributed by atoms with Crippen molar-refractivity contribution >= 4 is 17.4 Å². The molecule has 2 aromatic rings. The Balaban J connectivity index is 1.78. The average Bonchev–Trinajstić information content (AvgIpc) is 2.93. The standard InChI is InChI=1S/C16H18ClN3O/c1-16(8-5-9-21-16)11-18-14-10-13(17)19-15(20-14)12-6-3-2-4-7-12/h2-4,6-7,10H,5,8-9,11H2,1H3,(H,18,19,20). The zero-order valence-corrected chi connectivity index (χ0v) is 12.7. The molecular formula is C16H18ClN3O. The third-order valence-corrected chi connectivity index (χ3v) is 3.86. The van der Waals surface area contributed by atoms with Crippen LogP contribution in [-0.2, 0) is 4.74 Å². The van der Waals surface area contributed by atoms with Gasteiger partial charge in [0.05, 0.1) is 5.60 Å². The zero-order valence-electron chi connectivity index (χ0n) is 12.0. The highest BCUT2D eigenvalue weighted by atomic mass is 35.5. The number of aromatic nitrogens is 2. The molecule has 110 valence electrons. The van der Waals surface area contributed by atoms with Gasteiger partial charge in [0.15, 0.2) is 5.82 Å². The van der Waals surface area contributed by atoms with Crippen molar-refractivity contribution in [3.05, 3.63) is 41.6 Å². The second-order valence-corrected chi connectivity index (χ2v) is 5.91. The monoisotopic (exact) mass is 303 g/mol. The summed E-state index contributed by atoms with van der Waals surface area (Å²) in [7, 11) is 0. The molecule has 0 amide bonds. The van der Waals surface area contributed by atoms with E-state index in [9.17, 15) is 0 Å². The lowest BCUT2D eigenvalue weighted by Gasteiger charge is -2.23. The summed E-state index contributed by atoms with van der Waals surface area (Å²) in [5.41, 5.74) is 0.830. The highest BCUT2D eigenvalue weighted by Crippen LogP contribution is 2.26. The van der Waals surface area contributed by atoms with E-state index in [-0.39, 0.29) is 5.60 Å². The van der Waals surface area contributed by atoms with Crippen LogP contribution in [0.2, 0.25) is 5.15 Å². The summed E-state index contributed by atoms with van der Waals surface area (Å²) < 4.78 is 5.77. The Morgan fingerprint density at radius 2 is 2.10 bits per heavy atom. The van der Waals surface area contributed by atoms with Crippen molar-refractivity contribution in [1.29, 1.82) is 0 Å². The SMILES string of the molecule is CC1(CNc2cc(Cl)nc(-c3ccccc3)n2)CCCO1. The number of nitrogens with one attached hydrogen (secondary N) is 1. The van der Waals surface area contributed by atoms with Crippen molar-refractivity contribution in [2.45, 2.75) is 25.4 Å². The van der Waals surface area contributed by atoms with Crippen LogP contribution in [0.4, 0.5) is 5.82 Å². The maximum Gasteiger partial charge on any atom is 0.163 e. The second-order valence-electron chi connectivity index (χ2n) is 5.52. The van der Waals surface area contributed by atoms with E-state index in [1.165, 1.54) is 0 Å². The minimum atomic E-state index is -0.121. The Bertz CT molecular complexity index is 612. The second kappa shape index (κ2) is 6.00. The average molecular weight is 304 g/mol. The van der Waals surface area contributed by atoms with Crippen LogP contribution in [0.5, 0.6) is 0 Å². The first-order valence-corrected chi connectivity index (χ1v) is 7.50. The first-order valence-electron chi connectivity index (χ1n) is 7.12. The van der Waals surface area contributed by atoms with Crippen LogP contribution in [0.15, 0.2) is 36.4 Å². The Labute approximate surface area is 129 Å². The number of ether oxygens (including phenoxy) is 1. The third-order valence-electron chi connectivity index (χ3n) is 3.67. The summed E-state index contributed by atoms with van der Waals surface area (Å²) >= 11 is 6.11. The first kappa shape index (κ1) is 14.3. The van der Waals surface area contributed by atoms with Crippen LogP contribution >= 0.6 is 11.6 Å². The van der Waals surface area contributed by atoms with Crippen LogP contribution in [0.1, 0.15) is 19.8 Å². The van der Waals surface area contributed by atoms with Gasteiger partial charge in [0.25, 0.3) is 0 Å². The predicted octanol–water partition coefficient (Wildman–Crippen LogP) is 3.78. The van der Waals surface area contributed by atoms with Gasteiger partial charge in [0, 0.05) is 24.8 Å².